The van der Waals surface area contributed by atoms with Gasteiger partial charge in [0.25, 0.3) is 0 Å². The van der Waals surface area contributed by atoms with Crippen LogP contribution < -0.4 is 4.74 Å². The van der Waals surface area contributed by atoms with Gasteiger partial charge in [-0.05, 0) is 6.07 Å². The minimum Gasteiger partial charge on any atom is -0.504 e. The van der Waals surface area contributed by atoms with E-state index in [0.717, 1.165) is 0 Å². The van der Waals surface area contributed by atoms with Gasteiger partial charge in [-0.3, -0.25) is 0 Å². The van der Waals surface area contributed by atoms with Crippen LogP contribution in [0.5, 0.6) is 34.5 Å². The van der Waals surface area contributed by atoms with Gasteiger partial charge in [-0.15, -0.1) is 0 Å². The van der Waals surface area contributed by atoms with E-state index in [-0.39, 0.29) is 34.8 Å². The summed E-state index contributed by atoms with van der Waals surface area (Å²) < 4.78 is 11.1. The van der Waals surface area contributed by atoms with Crippen molar-refractivity contribution in [2.24, 2.45) is 0 Å². The van der Waals surface area contributed by atoms with Crippen molar-refractivity contribution in [1.82, 2.24) is 0 Å². The molecule has 0 aromatic heterocycles. The van der Waals surface area contributed by atoms with Gasteiger partial charge in [0.2, 0.25) is 11.5 Å². The average molecular weight is 408 g/mol. The Hall–Kier alpha value is -2.76. The molecular weight excluding hydrogens is 388 g/mol. The summed E-state index contributed by atoms with van der Waals surface area (Å²) >= 11 is 0. The normalized spacial score (nSPS) is 28.3. The summed E-state index contributed by atoms with van der Waals surface area (Å²) in [5, 5.41) is 80.9. The molecule has 10 heteroatoms. The van der Waals surface area contributed by atoms with Crippen molar-refractivity contribution >= 4 is 0 Å². The molecule has 4 rings (SSSR count). The largest absolute Gasteiger partial charge is 0.504 e. The molecule has 29 heavy (non-hydrogen) atoms. The molecule has 0 bridgehead atoms. The van der Waals surface area contributed by atoms with Crippen LogP contribution in [-0.2, 0) is 11.2 Å². The number of hydrogen-bond donors (Lipinski definition) is 8. The van der Waals surface area contributed by atoms with E-state index in [4.69, 9.17) is 9.47 Å². The van der Waals surface area contributed by atoms with Crippen molar-refractivity contribution in [3.05, 3.63) is 34.9 Å². The van der Waals surface area contributed by atoms with Crippen LogP contribution in [0.2, 0.25) is 0 Å². The third kappa shape index (κ3) is 2.84. The van der Waals surface area contributed by atoms with E-state index < -0.39 is 54.4 Å². The number of aliphatic hydroxyl groups excluding tert-OH is 4. The molecule has 2 aromatic rings. The molecular formula is C19H20O10. The molecule has 2 aliphatic rings. The maximum atomic E-state index is 10.5. The SMILES string of the molecule is OC[C@H]1OC(c2c(O)c(O)c(O)c3c2Cc2cccc(O)c2O3)[C@H](O)[C@@H](O)[C@@H]1O. The Morgan fingerprint density at radius 3 is 2.28 bits per heavy atom. The molecule has 0 aliphatic carbocycles. The zero-order valence-electron chi connectivity index (χ0n) is 14.9. The van der Waals surface area contributed by atoms with Gasteiger partial charge in [0.05, 0.1) is 6.61 Å². The topological polar surface area (TPSA) is 180 Å². The van der Waals surface area contributed by atoms with Gasteiger partial charge in [0.1, 0.15) is 30.5 Å². The van der Waals surface area contributed by atoms with Gasteiger partial charge in [0, 0.05) is 23.1 Å². The number of hydrogen-bond acceptors (Lipinski definition) is 10. The highest BCUT2D eigenvalue weighted by Crippen LogP contribution is 2.56. The third-order valence-corrected chi connectivity index (χ3v) is 5.34. The molecule has 2 heterocycles. The lowest BCUT2D eigenvalue weighted by Crippen LogP contribution is -2.55. The fourth-order valence-electron chi connectivity index (χ4n) is 3.81. The second-order valence-electron chi connectivity index (χ2n) is 7.06. The molecule has 156 valence electrons. The third-order valence-electron chi connectivity index (χ3n) is 5.34. The van der Waals surface area contributed by atoms with Gasteiger partial charge in [-0.2, -0.15) is 0 Å². The zero-order chi connectivity index (χ0) is 21.0. The number of benzene rings is 2. The van der Waals surface area contributed by atoms with Crippen molar-refractivity contribution in [3.63, 3.8) is 0 Å². The monoisotopic (exact) mass is 408 g/mol. The van der Waals surface area contributed by atoms with Crippen LogP contribution in [-0.4, -0.2) is 71.9 Å². The number of aliphatic hydroxyl groups is 4. The second-order valence-corrected chi connectivity index (χ2v) is 7.06. The summed E-state index contributed by atoms with van der Waals surface area (Å²) in [6.07, 6.45) is -7.73. The highest BCUT2D eigenvalue weighted by Gasteiger charge is 2.47. The van der Waals surface area contributed by atoms with E-state index in [1.165, 1.54) is 6.07 Å². The molecule has 1 fully saturated rings. The lowest BCUT2D eigenvalue weighted by atomic mass is 9.85. The number of aromatic hydroxyl groups is 4. The molecule has 0 saturated carbocycles. The van der Waals surface area contributed by atoms with Crippen molar-refractivity contribution in [3.8, 4) is 34.5 Å². The van der Waals surface area contributed by atoms with Gasteiger partial charge in [0.15, 0.2) is 23.0 Å². The predicted molar refractivity (Wildman–Crippen MR) is 95.1 cm³/mol. The minimum absolute atomic E-state index is 0.0187. The standard InChI is InChI=1S/C19H20O10/c20-5-9-11(22)13(24)16(27)19(28-9)10-7-4-6-2-1-3-8(21)17(6)29-18(7)15(26)14(25)12(10)23/h1-3,9,11,13,16,19-27H,4-5H2/t9-,11-,13+,16-,19?/m1/s1. The van der Waals surface area contributed by atoms with Crippen LogP contribution in [0.25, 0.3) is 0 Å². The molecule has 8 N–H and O–H groups in total. The highest BCUT2D eigenvalue weighted by molar-refractivity contribution is 5.70. The maximum Gasteiger partial charge on any atom is 0.205 e. The van der Waals surface area contributed by atoms with E-state index in [1.54, 1.807) is 12.1 Å². The molecule has 2 aliphatic heterocycles. The van der Waals surface area contributed by atoms with Crippen LogP contribution in [0.4, 0.5) is 0 Å². The highest BCUT2D eigenvalue weighted by atomic mass is 16.5. The number of fused-ring (bicyclic) bond motifs is 2. The van der Waals surface area contributed by atoms with Crippen LogP contribution in [0.15, 0.2) is 18.2 Å². The van der Waals surface area contributed by atoms with Crippen LogP contribution in [0.1, 0.15) is 22.8 Å². The van der Waals surface area contributed by atoms with Crippen molar-refractivity contribution in [1.29, 1.82) is 0 Å². The van der Waals surface area contributed by atoms with Gasteiger partial charge < -0.3 is 50.3 Å². The molecule has 10 nitrogen and oxygen atoms in total. The Morgan fingerprint density at radius 1 is 0.862 bits per heavy atom. The van der Waals surface area contributed by atoms with E-state index in [0.29, 0.717) is 5.56 Å². The molecule has 1 unspecified atom stereocenters. The molecule has 0 amide bonds. The Kier molecular flexibility index (Phi) is 4.68. The fraction of sp³-hybridized carbons (Fsp3) is 0.368. The summed E-state index contributed by atoms with van der Waals surface area (Å²) in [4.78, 5) is 0. The van der Waals surface area contributed by atoms with E-state index >= 15 is 0 Å². The summed E-state index contributed by atoms with van der Waals surface area (Å²) in [6.45, 7) is -0.679. The Morgan fingerprint density at radius 2 is 1.59 bits per heavy atom. The quantitative estimate of drug-likeness (QED) is 0.263. The van der Waals surface area contributed by atoms with Crippen LogP contribution in [0.3, 0.4) is 0 Å². The van der Waals surface area contributed by atoms with Crippen LogP contribution in [0, 0.1) is 0 Å². The van der Waals surface area contributed by atoms with E-state index in [9.17, 15) is 40.9 Å². The van der Waals surface area contributed by atoms with E-state index in [1.807, 2.05) is 0 Å². The first-order valence-corrected chi connectivity index (χ1v) is 8.85. The summed E-state index contributed by atoms with van der Waals surface area (Å²) in [7, 11) is 0. The lowest BCUT2D eigenvalue weighted by molar-refractivity contribution is -0.232. The number of rotatable bonds is 2. The molecule has 1 saturated heterocycles. The van der Waals surface area contributed by atoms with Gasteiger partial charge >= 0.3 is 0 Å². The van der Waals surface area contributed by atoms with Crippen molar-refractivity contribution in [2.45, 2.75) is 36.9 Å². The van der Waals surface area contributed by atoms with Gasteiger partial charge in [-0.25, -0.2) is 0 Å². The molecule has 2 aromatic carbocycles. The molecule has 5 atom stereocenters. The second kappa shape index (κ2) is 6.94. The fourth-order valence-corrected chi connectivity index (χ4v) is 3.81. The maximum absolute atomic E-state index is 10.5. The predicted octanol–water partition coefficient (Wildman–Crippen LogP) is -0.280. The summed E-state index contributed by atoms with van der Waals surface area (Å²) in [5.41, 5.74) is 0.453. The first-order chi connectivity index (χ1) is 13.8. The minimum atomic E-state index is -1.72. The Labute approximate surface area is 164 Å². The molecule has 0 radical (unpaired) electrons. The molecule has 0 spiro atoms. The first-order valence-electron chi connectivity index (χ1n) is 8.85. The van der Waals surface area contributed by atoms with Crippen LogP contribution >= 0.6 is 0 Å². The average Bonchev–Trinajstić information content (AvgIpc) is 2.71. The Balaban J connectivity index is 1.89. The van der Waals surface area contributed by atoms with Gasteiger partial charge in [-0.1, -0.05) is 12.1 Å². The summed E-state index contributed by atoms with van der Waals surface area (Å²) in [5.74, 6) is -2.94. The summed E-state index contributed by atoms with van der Waals surface area (Å²) in [6, 6.07) is 4.58. The lowest BCUT2D eigenvalue weighted by Gasteiger charge is -2.41. The smallest absolute Gasteiger partial charge is 0.205 e. The number of phenols is 4. The van der Waals surface area contributed by atoms with E-state index in [2.05, 4.69) is 0 Å². The number of ether oxygens (including phenoxy) is 2. The number of para-hydroxylation sites is 1. The first kappa shape index (κ1) is 19.6. The van der Waals surface area contributed by atoms with Crippen molar-refractivity contribution in [2.75, 3.05) is 6.61 Å². The number of phenolic OH excluding ortho intramolecular Hbond substituents is 4. The zero-order valence-corrected chi connectivity index (χ0v) is 14.9. The Bertz CT molecular complexity index is 957. The van der Waals surface area contributed by atoms with Crippen molar-refractivity contribution < 1.29 is 50.3 Å².